The predicted octanol–water partition coefficient (Wildman–Crippen LogP) is 4.75. The van der Waals surface area contributed by atoms with Crippen molar-refractivity contribution in [3.8, 4) is 11.3 Å². The summed E-state index contributed by atoms with van der Waals surface area (Å²) in [5.41, 5.74) is 0.920. The Kier molecular flexibility index (Phi) is 2.79. The highest BCUT2D eigenvalue weighted by Crippen LogP contribution is 2.26. The van der Waals surface area contributed by atoms with Crippen LogP contribution in [0.15, 0.2) is 75.9 Å². The summed E-state index contributed by atoms with van der Waals surface area (Å²) in [7, 11) is 0. The molecule has 3 aromatic carbocycles. The minimum Gasteiger partial charge on any atom is -0.456 e. The molecule has 106 valence electrons. The molecule has 1 aromatic heterocycles. The van der Waals surface area contributed by atoms with Crippen LogP contribution in [0, 0.1) is 5.82 Å². The molecule has 0 aliphatic rings. The zero-order valence-electron chi connectivity index (χ0n) is 11.5. The maximum absolute atomic E-state index is 13.4. The zero-order chi connectivity index (χ0) is 15.1. The van der Waals surface area contributed by atoms with Crippen LogP contribution in [0.2, 0.25) is 0 Å². The van der Waals surface area contributed by atoms with Crippen LogP contribution in [0.1, 0.15) is 0 Å². The quantitative estimate of drug-likeness (QED) is 0.473. The summed E-state index contributed by atoms with van der Waals surface area (Å²) in [5, 5.41) is 2.51. The summed E-state index contributed by atoms with van der Waals surface area (Å²) in [4.78, 5) is 12.3. The van der Waals surface area contributed by atoms with E-state index in [4.69, 9.17) is 4.42 Å². The largest absolute Gasteiger partial charge is 0.456 e. The molecule has 0 atom stereocenters. The number of rotatable bonds is 1. The van der Waals surface area contributed by atoms with Crippen LogP contribution in [-0.4, -0.2) is 0 Å². The van der Waals surface area contributed by atoms with Crippen molar-refractivity contribution in [3.05, 3.63) is 82.8 Å². The normalized spacial score (nSPS) is 11.1. The van der Waals surface area contributed by atoms with Crippen molar-refractivity contribution in [1.82, 2.24) is 0 Å². The van der Waals surface area contributed by atoms with E-state index in [0.717, 1.165) is 10.8 Å². The first-order valence-electron chi connectivity index (χ1n) is 6.93. The highest BCUT2D eigenvalue weighted by atomic mass is 19.1. The molecule has 0 radical (unpaired) electrons. The van der Waals surface area contributed by atoms with E-state index in [0.29, 0.717) is 22.3 Å². The van der Waals surface area contributed by atoms with Crippen molar-refractivity contribution in [1.29, 1.82) is 0 Å². The summed E-state index contributed by atoms with van der Waals surface area (Å²) < 4.78 is 19.2. The van der Waals surface area contributed by atoms with E-state index >= 15 is 0 Å². The third-order valence-electron chi connectivity index (χ3n) is 3.70. The van der Waals surface area contributed by atoms with Crippen molar-refractivity contribution in [3.63, 3.8) is 0 Å². The first kappa shape index (κ1) is 12.8. The lowest BCUT2D eigenvalue weighted by Crippen LogP contribution is -2.00. The van der Waals surface area contributed by atoms with Gasteiger partial charge in [0.15, 0.2) is 5.43 Å². The lowest BCUT2D eigenvalue weighted by molar-refractivity contribution is 0.611. The van der Waals surface area contributed by atoms with Gasteiger partial charge in [0, 0.05) is 11.6 Å². The van der Waals surface area contributed by atoms with Crippen LogP contribution in [0.25, 0.3) is 33.1 Å². The van der Waals surface area contributed by atoms with E-state index in [1.165, 1.54) is 18.2 Å². The molecule has 0 N–H and O–H groups in total. The minimum atomic E-state index is -0.362. The molecule has 0 saturated heterocycles. The van der Waals surface area contributed by atoms with Gasteiger partial charge in [0.1, 0.15) is 17.2 Å². The predicted molar refractivity (Wildman–Crippen MR) is 85.4 cm³/mol. The zero-order valence-corrected chi connectivity index (χ0v) is 11.5. The van der Waals surface area contributed by atoms with E-state index < -0.39 is 0 Å². The van der Waals surface area contributed by atoms with E-state index in [9.17, 15) is 9.18 Å². The number of hydrogen-bond donors (Lipinski definition) is 0. The number of benzene rings is 3. The Morgan fingerprint density at radius 1 is 0.818 bits per heavy atom. The average Bonchev–Trinajstić information content (AvgIpc) is 2.53. The molecule has 0 aliphatic heterocycles. The first-order chi connectivity index (χ1) is 10.7. The lowest BCUT2D eigenvalue weighted by atomic mass is 10.1. The molecule has 0 spiro atoms. The van der Waals surface area contributed by atoms with E-state index in [1.54, 1.807) is 12.1 Å². The van der Waals surface area contributed by atoms with Gasteiger partial charge in [-0.15, -0.1) is 0 Å². The Hall–Kier alpha value is -2.94. The Labute approximate surface area is 125 Å². The van der Waals surface area contributed by atoms with Gasteiger partial charge in [-0.3, -0.25) is 4.79 Å². The summed E-state index contributed by atoms with van der Waals surface area (Å²) in [6.07, 6.45) is 0. The third-order valence-corrected chi connectivity index (χ3v) is 3.70. The molecule has 0 fully saturated rings. The van der Waals surface area contributed by atoms with Crippen molar-refractivity contribution in [2.75, 3.05) is 0 Å². The summed E-state index contributed by atoms with van der Waals surface area (Å²) in [6, 6.07) is 18.9. The molecule has 0 unspecified atom stereocenters. The standard InChI is InChI=1S/C19H11FO2/c20-15-7-3-6-14(8-15)18-11-17(21)16-9-12-4-1-2-5-13(12)10-19(16)22-18/h1-11H. The molecule has 22 heavy (non-hydrogen) atoms. The van der Waals surface area contributed by atoms with Crippen molar-refractivity contribution in [2.24, 2.45) is 0 Å². The van der Waals surface area contributed by atoms with Gasteiger partial charge >= 0.3 is 0 Å². The number of fused-ring (bicyclic) bond motifs is 2. The molecule has 3 heteroatoms. The van der Waals surface area contributed by atoms with Crippen LogP contribution in [-0.2, 0) is 0 Å². The molecule has 2 nitrogen and oxygen atoms in total. The highest BCUT2D eigenvalue weighted by Gasteiger charge is 2.08. The molecule has 0 aliphatic carbocycles. The van der Waals surface area contributed by atoms with Gasteiger partial charge in [0.2, 0.25) is 0 Å². The van der Waals surface area contributed by atoms with Crippen LogP contribution >= 0.6 is 0 Å². The molecule has 4 rings (SSSR count). The molecule has 0 saturated carbocycles. The first-order valence-corrected chi connectivity index (χ1v) is 6.93. The fourth-order valence-electron chi connectivity index (χ4n) is 2.63. The maximum atomic E-state index is 13.4. The second-order valence-corrected chi connectivity index (χ2v) is 5.18. The van der Waals surface area contributed by atoms with Crippen molar-refractivity contribution < 1.29 is 8.81 Å². The Bertz CT molecular complexity index is 1060. The highest BCUT2D eigenvalue weighted by molar-refractivity contribution is 5.95. The van der Waals surface area contributed by atoms with Gasteiger partial charge < -0.3 is 4.42 Å². The SMILES string of the molecule is O=c1cc(-c2cccc(F)c2)oc2cc3ccccc3cc12. The third kappa shape index (κ3) is 2.07. The molecule has 4 aromatic rings. The van der Waals surface area contributed by atoms with Crippen molar-refractivity contribution >= 4 is 21.7 Å². The topological polar surface area (TPSA) is 30.2 Å². The van der Waals surface area contributed by atoms with Gasteiger partial charge in [-0.05, 0) is 35.0 Å². The minimum absolute atomic E-state index is 0.133. The van der Waals surface area contributed by atoms with Crippen LogP contribution < -0.4 is 5.43 Å². The molecule has 1 heterocycles. The van der Waals surface area contributed by atoms with Gasteiger partial charge in [-0.1, -0.05) is 36.4 Å². The van der Waals surface area contributed by atoms with Crippen molar-refractivity contribution in [2.45, 2.75) is 0 Å². The van der Waals surface area contributed by atoms with Crippen LogP contribution in [0.5, 0.6) is 0 Å². The Morgan fingerprint density at radius 3 is 2.36 bits per heavy atom. The molecule has 0 bridgehead atoms. The van der Waals surface area contributed by atoms with Crippen LogP contribution in [0.4, 0.5) is 4.39 Å². The number of hydrogen-bond acceptors (Lipinski definition) is 2. The van der Waals surface area contributed by atoms with E-state index in [-0.39, 0.29) is 11.2 Å². The van der Waals surface area contributed by atoms with Gasteiger partial charge in [0.05, 0.1) is 5.39 Å². The van der Waals surface area contributed by atoms with E-state index in [1.807, 2.05) is 36.4 Å². The molecule has 0 amide bonds. The molecular formula is C19H11FO2. The van der Waals surface area contributed by atoms with E-state index in [2.05, 4.69) is 0 Å². The second kappa shape index (κ2) is 4.81. The monoisotopic (exact) mass is 290 g/mol. The lowest BCUT2D eigenvalue weighted by Gasteiger charge is -2.05. The van der Waals surface area contributed by atoms with Gasteiger partial charge in [-0.25, -0.2) is 4.39 Å². The smallest absolute Gasteiger partial charge is 0.193 e. The Morgan fingerprint density at radius 2 is 1.59 bits per heavy atom. The fourth-order valence-corrected chi connectivity index (χ4v) is 2.63. The fraction of sp³-hybridized carbons (Fsp3) is 0. The van der Waals surface area contributed by atoms with Gasteiger partial charge in [0.25, 0.3) is 0 Å². The van der Waals surface area contributed by atoms with Crippen LogP contribution in [0.3, 0.4) is 0 Å². The summed E-state index contributed by atoms with van der Waals surface area (Å²) in [6.45, 7) is 0. The second-order valence-electron chi connectivity index (χ2n) is 5.18. The summed E-state index contributed by atoms with van der Waals surface area (Å²) in [5.74, 6) is 0.00559. The average molecular weight is 290 g/mol. The Balaban J connectivity index is 2.03. The number of halogens is 1. The van der Waals surface area contributed by atoms with Gasteiger partial charge in [-0.2, -0.15) is 0 Å². The maximum Gasteiger partial charge on any atom is 0.193 e. The molecular weight excluding hydrogens is 279 g/mol. The summed E-state index contributed by atoms with van der Waals surface area (Å²) >= 11 is 0.